The molecule has 0 aromatic rings. The number of methoxy groups -OCH3 is 1. The first-order valence-electron chi connectivity index (χ1n) is 4.29. The number of rotatable bonds is 5. The molecule has 0 unspecified atom stereocenters. The molecule has 2 N–H and O–H groups in total. The van der Waals surface area contributed by atoms with Crippen molar-refractivity contribution < 1.29 is 9.53 Å². The summed E-state index contributed by atoms with van der Waals surface area (Å²) in [6, 6.07) is 0. The van der Waals surface area contributed by atoms with Crippen LogP contribution in [-0.2, 0) is 4.74 Å². The molecule has 4 heteroatoms. The van der Waals surface area contributed by atoms with Gasteiger partial charge in [0.15, 0.2) is 0 Å². The summed E-state index contributed by atoms with van der Waals surface area (Å²) in [6.07, 6.45) is 1.51. The number of ether oxygens (including phenoxy) is 1. The quantitative estimate of drug-likeness (QED) is 0.671. The molecular formula is C8H18N2O2. The highest BCUT2D eigenvalue weighted by molar-refractivity contribution is 5.67. The van der Waals surface area contributed by atoms with Crippen molar-refractivity contribution in [3.63, 3.8) is 0 Å². The molecule has 0 saturated carbocycles. The second-order valence-electron chi connectivity index (χ2n) is 2.60. The monoisotopic (exact) mass is 174 g/mol. The van der Waals surface area contributed by atoms with Crippen LogP contribution in [0.4, 0.5) is 4.79 Å². The van der Waals surface area contributed by atoms with Crippen LogP contribution in [0.1, 0.15) is 19.8 Å². The van der Waals surface area contributed by atoms with E-state index in [-0.39, 0.29) is 6.09 Å². The molecule has 0 aromatic heterocycles. The topological polar surface area (TPSA) is 55.6 Å². The van der Waals surface area contributed by atoms with Crippen LogP contribution in [-0.4, -0.2) is 37.7 Å². The Labute approximate surface area is 73.7 Å². The van der Waals surface area contributed by atoms with Crippen molar-refractivity contribution in [1.82, 2.24) is 4.90 Å². The third-order valence-corrected chi connectivity index (χ3v) is 1.56. The number of hydrogen-bond donors (Lipinski definition) is 1. The van der Waals surface area contributed by atoms with Gasteiger partial charge in [0.25, 0.3) is 0 Å². The summed E-state index contributed by atoms with van der Waals surface area (Å²) >= 11 is 0. The predicted octanol–water partition coefficient (Wildman–Crippen LogP) is 0.814. The van der Waals surface area contributed by atoms with Crippen molar-refractivity contribution >= 4 is 6.09 Å². The van der Waals surface area contributed by atoms with Crippen LogP contribution in [0.25, 0.3) is 0 Å². The molecule has 12 heavy (non-hydrogen) atoms. The molecule has 1 amide bonds. The lowest BCUT2D eigenvalue weighted by Gasteiger charge is -2.19. The van der Waals surface area contributed by atoms with E-state index < -0.39 is 0 Å². The van der Waals surface area contributed by atoms with Crippen LogP contribution in [0.2, 0.25) is 0 Å². The Kier molecular flexibility index (Phi) is 6.47. The van der Waals surface area contributed by atoms with Crippen LogP contribution < -0.4 is 5.73 Å². The minimum Gasteiger partial charge on any atom is -0.453 e. The smallest absolute Gasteiger partial charge is 0.409 e. The number of nitrogens with two attached hydrogens (primary N) is 1. The lowest BCUT2D eigenvalue weighted by Crippen LogP contribution is -2.33. The van der Waals surface area contributed by atoms with Crippen LogP contribution in [0.15, 0.2) is 0 Å². The first kappa shape index (κ1) is 11.2. The Morgan fingerprint density at radius 2 is 2.17 bits per heavy atom. The van der Waals surface area contributed by atoms with Gasteiger partial charge in [0.1, 0.15) is 0 Å². The average molecular weight is 174 g/mol. The van der Waals surface area contributed by atoms with Crippen molar-refractivity contribution in [2.45, 2.75) is 19.8 Å². The second kappa shape index (κ2) is 6.91. The van der Waals surface area contributed by atoms with Gasteiger partial charge in [0.2, 0.25) is 0 Å². The molecule has 0 aliphatic heterocycles. The second-order valence-corrected chi connectivity index (χ2v) is 2.60. The summed E-state index contributed by atoms with van der Waals surface area (Å²) in [4.78, 5) is 12.7. The van der Waals surface area contributed by atoms with Crippen LogP contribution in [0, 0.1) is 0 Å². The molecule has 0 radical (unpaired) electrons. The Balaban J connectivity index is 3.76. The van der Waals surface area contributed by atoms with Gasteiger partial charge in [-0.2, -0.15) is 0 Å². The van der Waals surface area contributed by atoms with Gasteiger partial charge < -0.3 is 15.4 Å². The van der Waals surface area contributed by atoms with Gasteiger partial charge in [0.05, 0.1) is 7.11 Å². The zero-order chi connectivity index (χ0) is 9.40. The summed E-state index contributed by atoms with van der Waals surface area (Å²) < 4.78 is 4.61. The van der Waals surface area contributed by atoms with E-state index in [0.717, 1.165) is 19.4 Å². The summed E-state index contributed by atoms with van der Waals surface area (Å²) in [7, 11) is 1.40. The largest absolute Gasteiger partial charge is 0.453 e. The molecule has 0 aliphatic carbocycles. The number of amides is 1. The van der Waals surface area contributed by atoms with Gasteiger partial charge in [-0.05, 0) is 19.4 Å². The van der Waals surface area contributed by atoms with E-state index in [0.29, 0.717) is 13.1 Å². The molecule has 72 valence electrons. The summed E-state index contributed by atoms with van der Waals surface area (Å²) in [6.45, 7) is 4.07. The number of hydrogen-bond acceptors (Lipinski definition) is 3. The summed E-state index contributed by atoms with van der Waals surface area (Å²) in [5.41, 5.74) is 5.34. The molecule has 0 bridgehead atoms. The van der Waals surface area contributed by atoms with E-state index in [1.165, 1.54) is 7.11 Å². The van der Waals surface area contributed by atoms with Crippen molar-refractivity contribution in [2.24, 2.45) is 5.73 Å². The first-order chi connectivity index (χ1) is 5.76. The van der Waals surface area contributed by atoms with E-state index in [2.05, 4.69) is 4.74 Å². The Morgan fingerprint density at radius 1 is 1.50 bits per heavy atom. The standard InChI is InChI=1S/C8H18N2O2/c1-3-6-10(7-4-5-9)8(11)12-2/h3-7,9H2,1-2H3. The van der Waals surface area contributed by atoms with E-state index >= 15 is 0 Å². The first-order valence-corrected chi connectivity index (χ1v) is 4.29. The Hall–Kier alpha value is -0.770. The fraction of sp³-hybridized carbons (Fsp3) is 0.875. The van der Waals surface area contributed by atoms with Gasteiger partial charge >= 0.3 is 6.09 Å². The fourth-order valence-electron chi connectivity index (χ4n) is 0.976. The van der Waals surface area contributed by atoms with Crippen LogP contribution >= 0.6 is 0 Å². The van der Waals surface area contributed by atoms with E-state index in [4.69, 9.17) is 5.73 Å². The van der Waals surface area contributed by atoms with Crippen LogP contribution in [0.3, 0.4) is 0 Å². The van der Waals surface area contributed by atoms with Gasteiger partial charge in [-0.25, -0.2) is 4.79 Å². The SMILES string of the molecule is CCCN(CCCN)C(=O)OC. The summed E-state index contributed by atoms with van der Waals surface area (Å²) in [5.74, 6) is 0. The molecule has 0 atom stereocenters. The van der Waals surface area contributed by atoms with Gasteiger partial charge in [0, 0.05) is 13.1 Å². The van der Waals surface area contributed by atoms with Gasteiger partial charge in [-0.1, -0.05) is 6.92 Å². The molecule has 0 saturated heterocycles. The molecule has 0 aliphatic rings. The molecule has 0 aromatic carbocycles. The molecule has 0 spiro atoms. The fourth-order valence-corrected chi connectivity index (χ4v) is 0.976. The van der Waals surface area contributed by atoms with E-state index in [1.54, 1.807) is 4.90 Å². The Morgan fingerprint density at radius 3 is 2.58 bits per heavy atom. The normalized spacial score (nSPS) is 9.58. The maximum atomic E-state index is 11.1. The minimum absolute atomic E-state index is 0.259. The van der Waals surface area contributed by atoms with E-state index in [1.807, 2.05) is 6.92 Å². The van der Waals surface area contributed by atoms with Gasteiger partial charge in [-0.3, -0.25) is 0 Å². The van der Waals surface area contributed by atoms with Crippen molar-refractivity contribution in [1.29, 1.82) is 0 Å². The lowest BCUT2D eigenvalue weighted by atomic mass is 10.3. The zero-order valence-corrected chi connectivity index (χ0v) is 7.88. The average Bonchev–Trinajstić information content (AvgIpc) is 2.11. The third-order valence-electron chi connectivity index (χ3n) is 1.56. The molecule has 0 rings (SSSR count). The predicted molar refractivity (Wildman–Crippen MR) is 47.9 cm³/mol. The molecule has 0 heterocycles. The van der Waals surface area contributed by atoms with Crippen molar-refractivity contribution in [3.8, 4) is 0 Å². The highest BCUT2D eigenvalue weighted by atomic mass is 16.5. The Bertz CT molecular complexity index is 128. The lowest BCUT2D eigenvalue weighted by molar-refractivity contribution is 0.123. The van der Waals surface area contributed by atoms with Crippen LogP contribution in [0.5, 0.6) is 0 Å². The zero-order valence-electron chi connectivity index (χ0n) is 7.88. The minimum atomic E-state index is -0.259. The molecule has 4 nitrogen and oxygen atoms in total. The van der Waals surface area contributed by atoms with Crippen molar-refractivity contribution in [3.05, 3.63) is 0 Å². The third kappa shape index (κ3) is 4.18. The number of carbonyl (C=O) groups is 1. The van der Waals surface area contributed by atoms with Crippen molar-refractivity contribution in [2.75, 3.05) is 26.7 Å². The number of carbonyl (C=O) groups excluding carboxylic acids is 1. The summed E-state index contributed by atoms with van der Waals surface area (Å²) in [5, 5.41) is 0. The maximum Gasteiger partial charge on any atom is 0.409 e. The highest BCUT2D eigenvalue weighted by Crippen LogP contribution is 1.96. The maximum absolute atomic E-state index is 11.1. The highest BCUT2D eigenvalue weighted by Gasteiger charge is 2.10. The van der Waals surface area contributed by atoms with E-state index in [9.17, 15) is 4.79 Å². The molecule has 0 fully saturated rings. The van der Waals surface area contributed by atoms with Gasteiger partial charge in [-0.15, -0.1) is 0 Å². The number of nitrogens with zero attached hydrogens (tertiary/aromatic N) is 1. The molecular weight excluding hydrogens is 156 g/mol.